The molecule has 0 aliphatic rings. The second-order valence-electron chi connectivity index (χ2n) is 19.7. The first-order valence-corrected chi connectivity index (χ1v) is 28.6. The zero-order chi connectivity index (χ0) is 53.5. The molecule has 0 spiro atoms. The minimum absolute atomic E-state index is 0.220. The summed E-state index contributed by atoms with van der Waals surface area (Å²) < 4.78 is 27.9. The monoisotopic (exact) mass is 1020 g/mol. The maximum absolute atomic E-state index is 13.0. The Hall–Kier alpha value is -4.00. The first kappa shape index (κ1) is 68.0. The number of ether oxygens (including phenoxy) is 5. The van der Waals surface area contributed by atoms with Crippen molar-refractivity contribution in [3.63, 3.8) is 0 Å². The van der Waals surface area contributed by atoms with Crippen LogP contribution in [0.1, 0.15) is 266 Å². The number of hydrogen-bond donors (Lipinski definition) is 2. The second-order valence-corrected chi connectivity index (χ2v) is 19.7. The van der Waals surface area contributed by atoms with Crippen molar-refractivity contribution < 1.29 is 62.7 Å². The molecule has 6 atom stereocenters. The normalized spacial score (nSPS) is 14.2. The Kier molecular flexibility index (Phi) is 45.3. The van der Waals surface area contributed by atoms with Crippen LogP contribution in [0.15, 0.2) is 36.5 Å². The van der Waals surface area contributed by atoms with E-state index in [9.17, 15) is 33.9 Å². The molecule has 72 heavy (non-hydrogen) atoms. The Morgan fingerprint density at radius 2 is 0.667 bits per heavy atom. The van der Waals surface area contributed by atoms with Crippen molar-refractivity contribution in [1.29, 1.82) is 0 Å². The van der Waals surface area contributed by atoms with Crippen molar-refractivity contribution in [3.05, 3.63) is 36.5 Å². The summed E-state index contributed by atoms with van der Waals surface area (Å²) in [5.41, 5.74) is 0. The lowest BCUT2D eigenvalue weighted by Crippen LogP contribution is -2.29. The molecule has 13 nitrogen and oxygen atoms in total. The van der Waals surface area contributed by atoms with E-state index in [0.717, 1.165) is 180 Å². The van der Waals surface area contributed by atoms with Crippen LogP contribution >= 0.6 is 0 Å². The van der Waals surface area contributed by atoms with Gasteiger partial charge in [-0.05, 0) is 135 Å². The van der Waals surface area contributed by atoms with Crippen LogP contribution in [0.4, 0.5) is 0 Å². The second kappa shape index (κ2) is 48.0. The molecule has 0 aromatic heterocycles. The number of carboxylic acids is 1. The van der Waals surface area contributed by atoms with E-state index in [1.807, 2.05) is 24.3 Å². The van der Waals surface area contributed by atoms with E-state index in [4.69, 9.17) is 28.8 Å². The molecule has 0 fully saturated rings. The van der Waals surface area contributed by atoms with E-state index in [1.165, 1.54) is 6.92 Å². The third-order valence-electron chi connectivity index (χ3n) is 12.5. The number of rotatable bonds is 49. The summed E-state index contributed by atoms with van der Waals surface area (Å²) in [5, 5.41) is 18.3. The van der Waals surface area contributed by atoms with E-state index in [-0.39, 0.29) is 37.6 Å². The van der Waals surface area contributed by atoms with Crippen LogP contribution in [-0.2, 0) is 52.5 Å². The molecule has 6 unspecified atom stereocenters. The molecular formula is C59H102O13. The first-order valence-electron chi connectivity index (χ1n) is 28.6. The van der Waals surface area contributed by atoms with E-state index in [1.54, 1.807) is 13.8 Å². The third kappa shape index (κ3) is 42.5. The van der Waals surface area contributed by atoms with Crippen LogP contribution < -0.4 is 0 Å². The van der Waals surface area contributed by atoms with Crippen molar-refractivity contribution in [2.24, 2.45) is 0 Å². The predicted molar refractivity (Wildman–Crippen MR) is 286 cm³/mol. The molecule has 13 heteroatoms. The predicted octanol–water partition coefficient (Wildman–Crippen LogP) is 14.4. The van der Waals surface area contributed by atoms with Crippen molar-refractivity contribution in [2.45, 2.75) is 303 Å². The molecule has 0 rings (SSSR count). The molecule has 0 bridgehead atoms. The minimum atomic E-state index is -1.14. The Balaban J connectivity index is 4.58. The first-order chi connectivity index (χ1) is 34.7. The number of aliphatic hydroxyl groups is 1. The lowest BCUT2D eigenvalue weighted by Gasteiger charge is -2.18. The van der Waals surface area contributed by atoms with Crippen LogP contribution in [0.2, 0.25) is 0 Å². The fourth-order valence-electron chi connectivity index (χ4n) is 8.01. The number of aliphatic hydroxyl groups excluding tert-OH is 1. The van der Waals surface area contributed by atoms with Gasteiger partial charge in [0.15, 0.2) is 12.2 Å². The van der Waals surface area contributed by atoms with Crippen molar-refractivity contribution in [3.8, 4) is 0 Å². The maximum Gasteiger partial charge on any atom is 0.347 e. The van der Waals surface area contributed by atoms with Gasteiger partial charge in [0.2, 0.25) is 0 Å². The average molecular weight is 1020 g/mol. The Bertz CT molecular complexity index is 1490. The van der Waals surface area contributed by atoms with Gasteiger partial charge in [0.1, 0.15) is 24.4 Å². The van der Waals surface area contributed by atoms with Crippen LogP contribution in [0.3, 0.4) is 0 Å². The van der Waals surface area contributed by atoms with Crippen LogP contribution in [0.5, 0.6) is 0 Å². The summed E-state index contributed by atoms with van der Waals surface area (Å²) in [7, 11) is 0. The Labute approximate surface area is 436 Å². The molecule has 0 aromatic rings. The minimum Gasteiger partial charge on any atom is -0.481 e. The molecule has 0 aliphatic carbocycles. The maximum atomic E-state index is 13.0. The van der Waals surface area contributed by atoms with E-state index in [2.05, 4.69) is 32.9 Å². The molecule has 0 radical (unpaired) electrons. The van der Waals surface area contributed by atoms with Crippen molar-refractivity contribution in [1.82, 2.24) is 0 Å². The van der Waals surface area contributed by atoms with Gasteiger partial charge in [-0.2, -0.15) is 0 Å². The summed E-state index contributed by atoms with van der Waals surface area (Å²) in [5.74, 6) is -3.23. The highest BCUT2D eigenvalue weighted by molar-refractivity contribution is 5.80. The SMILES string of the molecule is CCCCCCC(/C=C/CCCCCCCC(=O)O)OC(=O)C(C)OC(=O)CCCCCCC/C=C/C(CCCCCC)OC(=O)C(C)OC(=O)CCCCCCC/C=C/C(CCCCC)OC(=O)C(C)O. The fourth-order valence-corrected chi connectivity index (χ4v) is 8.01. The van der Waals surface area contributed by atoms with Gasteiger partial charge in [-0.3, -0.25) is 14.4 Å². The van der Waals surface area contributed by atoms with Gasteiger partial charge < -0.3 is 33.9 Å². The zero-order valence-electron chi connectivity index (χ0n) is 46.1. The summed E-state index contributed by atoms with van der Waals surface area (Å²) in [4.78, 5) is 73.6. The summed E-state index contributed by atoms with van der Waals surface area (Å²) in [6.45, 7) is 11.0. The highest BCUT2D eigenvalue weighted by Gasteiger charge is 2.24. The van der Waals surface area contributed by atoms with Crippen molar-refractivity contribution >= 4 is 35.8 Å². The summed E-state index contributed by atoms with van der Waals surface area (Å²) in [6, 6.07) is 0. The molecule has 0 heterocycles. The highest BCUT2D eigenvalue weighted by atomic mass is 16.6. The van der Waals surface area contributed by atoms with Gasteiger partial charge in [0, 0.05) is 19.3 Å². The third-order valence-corrected chi connectivity index (χ3v) is 12.5. The van der Waals surface area contributed by atoms with Crippen LogP contribution in [0.25, 0.3) is 0 Å². The molecule has 416 valence electrons. The number of aliphatic carboxylic acids is 1. The number of carbonyl (C=O) groups excluding carboxylic acids is 5. The van der Waals surface area contributed by atoms with Crippen LogP contribution in [0, 0.1) is 0 Å². The number of carbonyl (C=O) groups is 6. The summed E-state index contributed by atoms with van der Waals surface area (Å²) in [6.07, 6.45) is 38.4. The molecule has 0 amide bonds. The lowest BCUT2D eigenvalue weighted by atomic mass is 10.1. The van der Waals surface area contributed by atoms with E-state index in [0.29, 0.717) is 25.7 Å². The Morgan fingerprint density at radius 3 is 1.01 bits per heavy atom. The van der Waals surface area contributed by atoms with Crippen LogP contribution in [-0.4, -0.2) is 82.7 Å². The number of allylic oxidation sites excluding steroid dienone is 3. The van der Waals surface area contributed by atoms with Gasteiger partial charge in [-0.15, -0.1) is 0 Å². The zero-order valence-corrected chi connectivity index (χ0v) is 46.1. The number of carboxylic acid groups (broad SMARTS) is 1. The molecule has 2 N–H and O–H groups in total. The lowest BCUT2D eigenvalue weighted by molar-refractivity contribution is -0.169. The Morgan fingerprint density at radius 1 is 0.375 bits per heavy atom. The standard InChI is InChI=1S/C59H102O13/c1-7-10-13-31-40-52(43-34-25-18-15-21-27-36-45-54(61)62)71-58(66)49(5)68-56(64)47-38-29-23-17-20-26-35-44-53(41-32-14-11-8-2)72-59(67)50(6)69-55(63)46-37-28-22-16-19-24-33-42-51(39-30-12-9-3)70-57(65)48(4)60/h33-35,42-44,48-53,60H,7-32,36-41,45-47H2,1-6H3,(H,61,62)/b42-33+,43-34+,44-35+. The fraction of sp³-hybridized carbons (Fsp3) is 0.797. The van der Waals surface area contributed by atoms with Gasteiger partial charge >= 0.3 is 35.8 Å². The smallest absolute Gasteiger partial charge is 0.347 e. The largest absolute Gasteiger partial charge is 0.481 e. The van der Waals surface area contributed by atoms with E-state index < -0.39 is 54.1 Å². The van der Waals surface area contributed by atoms with Gasteiger partial charge in [-0.25, -0.2) is 14.4 Å². The van der Waals surface area contributed by atoms with E-state index >= 15 is 0 Å². The molecule has 0 saturated heterocycles. The highest BCUT2D eigenvalue weighted by Crippen LogP contribution is 2.18. The topological polar surface area (TPSA) is 189 Å². The quantitative estimate of drug-likeness (QED) is 0.0254. The van der Waals surface area contributed by atoms with Gasteiger partial charge in [0.05, 0.1) is 0 Å². The van der Waals surface area contributed by atoms with Crippen molar-refractivity contribution in [2.75, 3.05) is 0 Å². The molecule has 0 saturated carbocycles. The summed E-state index contributed by atoms with van der Waals surface area (Å²) >= 11 is 0. The van der Waals surface area contributed by atoms with Gasteiger partial charge in [0.25, 0.3) is 0 Å². The molecule has 0 aliphatic heterocycles. The number of esters is 5. The molecule has 0 aromatic carbocycles. The van der Waals surface area contributed by atoms with Gasteiger partial charge in [-0.1, -0.05) is 148 Å². The molecular weight excluding hydrogens is 917 g/mol. The average Bonchev–Trinajstić information content (AvgIpc) is 3.34. The number of hydrogen-bond acceptors (Lipinski definition) is 12. The number of unbranched alkanes of at least 4 members (excludes halogenated alkanes) is 23.